The fourth-order valence-corrected chi connectivity index (χ4v) is 3.01. The highest BCUT2D eigenvalue weighted by atomic mass is 79.9. The number of ketones is 1. The molecule has 0 spiro atoms. The Morgan fingerprint density at radius 1 is 1.10 bits per heavy atom. The van der Waals surface area contributed by atoms with E-state index in [1.807, 2.05) is 6.07 Å². The number of Topliss-reactive ketones (excluding diaryl/α,β-unsaturated/α-hetero) is 1. The first-order valence-electron chi connectivity index (χ1n) is 5.78. The first-order chi connectivity index (χ1) is 9.93. The number of benzene rings is 2. The Morgan fingerprint density at radius 3 is 2.38 bits per heavy atom. The second-order valence-corrected chi connectivity index (χ2v) is 6.33. The topological polar surface area (TPSA) is 40.9 Å². The summed E-state index contributed by atoms with van der Waals surface area (Å²) in [5, 5.41) is 10.5. The van der Waals surface area contributed by atoms with Crippen LogP contribution in [0.15, 0.2) is 40.9 Å². The van der Waals surface area contributed by atoms with E-state index >= 15 is 0 Å². The molecule has 0 aliphatic rings. The van der Waals surface area contributed by atoms with Crippen LogP contribution in [0.3, 0.4) is 0 Å². The molecule has 2 rings (SSSR count). The first-order valence-corrected chi connectivity index (χ1v) is 7.70. The van der Waals surface area contributed by atoms with Crippen molar-refractivity contribution in [1.82, 2.24) is 0 Å². The molecule has 0 aromatic heterocycles. The van der Waals surface area contributed by atoms with Crippen molar-refractivity contribution in [2.45, 2.75) is 5.92 Å². The molecule has 0 aliphatic heterocycles. The maximum atomic E-state index is 12.5. The lowest BCUT2D eigenvalue weighted by molar-refractivity contribution is 0.0978. The van der Waals surface area contributed by atoms with E-state index in [2.05, 4.69) is 15.9 Å². The second-order valence-electron chi connectivity index (χ2n) is 4.22. The van der Waals surface area contributed by atoms with Gasteiger partial charge in [-0.3, -0.25) is 4.79 Å². The highest BCUT2D eigenvalue weighted by molar-refractivity contribution is 9.10. The van der Waals surface area contributed by atoms with Gasteiger partial charge >= 0.3 is 0 Å². The number of hydrogen-bond acceptors (Lipinski definition) is 2. The van der Waals surface area contributed by atoms with Crippen LogP contribution in [0.2, 0.25) is 15.1 Å². The van der Waals surface area contributed by atoms with Gasteiger partial charge < -0.3 is 0 Å². The van der Waals surface area contributed by atoms with Gasteiger partial charge in [0.05, 0.1) is 16.1 Å². The molecule has 2 aromatic rings. The molecule has 0 fully saturated rings. The van der Waals surface area contributed by atoms with E-state index in [1.165, 1.54) is 6.07 Å². The van der Waals surface area contributed by atoms with E-state index in [-0.39, 0.29) is 5.78 Å². The van der Waals surface area contributed by atoms with Crippen LogP contribution in [-0.4, -0.2) is 5.78 Å². The zero-order valence-electron chi connectivity index (χ0n) is 10.4. The summed E-state index contributed by atoms with van der Waals surface area (Å²) in [5.41, 5.74) is 0.885. The van der Waals surface area contributed by atoms with Crippen molar-refractivity contribution in [1.29, 1.82) is 5.26 Å². The van der Waals surface area contributed by atoms with Crippen LogP contribution in [0.1, 0.15) is 21.8 Å². The average molecular weight is 403 g/mol. The van der Waals surface area contributed by atoms with Crippen molar-refractivity contribution in [2.24, 2.45) is 0 Å². The third-order valence-electron chi connectivity index (χ3n) is 2.86. The molecule has 0 saturated heterocycles. The molecule has 0 amide bonds. The molecule has 0 radical (unpaired) electrons. The Hall–Kier alpha value is -1.05. The molecule has 2 nitrogen and oxygen atoms in total. The van der Waals surface area contributed by atoms with Crippen LogP contribution in [0.4, 0.5) is 0 Å². The third kappa shape index (κ3) is 3.59. The summed E-state index contributed by atoms with van der Waals surface area (Å²) in [7, 11) is 0. The third-order valence-corrected chi connectivity index (χ3v) is 4.50. The van der Waals surface area contributed by atoms with E-state index in [1.54, 1.807) is 30.3 Å². The number of nitriles is 1. The minimum Gasteiger partial charge on any atom is -0.292 e. The second kappa shape index (κ2) is 6.81. The van der Waals surface area contributed by atoms with Gasteiger partial charge in [-0.2, -0.15) is 5.26 Å². The summed E-state index contributed by atoms with van der Waals surface area (Å²) in [6, 6.07) is 11.5. The van der Waals surface area contributed by atoms with Crippen LogP contribution in [-0.2, 0) is 0 Å². The molecule has 1 atom stereocenters. The maximum Gasteiger partial charge on any atom is 0.185 e. The first kappa shape index (κ1) is 16.3. The van der Waals surface area contributed by atoms with Gasteiger partial charge in [-0.25, -0.2) is 0 Å². The predicted molar refractivity (Wildman–Crippen MR) is 88.3 cm³/mol. The molecule has 106 valence electrons. The molecule has 1 unspecified atom stereocenters. The zero-order valence-corrected chi connectivity index (χ0v) is 14.3. The Labute approximate surface area is 145 Å². The van der Waals surface area contributed by atoms with Crippen LogP contribution in [0.5, 0.6) is 0 Å². The van der Waals surface area contributed by atoms with Crippen LogP contribution >= 0.6 is 50.7 Å². The van der Waals surface area contributed by atoms with Gasteiger partial charge in [0.1, 0.15) is 5.92 Å². The molecule has 0 aliphatic carbocycles. The van der Waals surface area contributed by atoms with Gasteiger partial charge in [-0.15, -0.1) is 0 Å². The summed E-state index contributed by atoms with van der Waals surface area (Å²) in [4.78, 5) is 12.5. The largest absolute Gasteiger partial charge is 0.292 e. The van der Waals surface area contributed by atoms with Crippen LogP contribution in [0.25, 0.3) is 0 Å². The van der Waals surface area contributed by atoms with Gasteiger partial charge in [-0.1, -0.05) is 40.9 Å². The molecule has 2 aromatic carbocycles. The zero-order chi connectivity index (χ0) is 15.6. The summed E-state index contributed by atoms with van der Waals surface area (Å²) < 4.78 is 0.542. The van der Waals surface area contributed by atoms with Crippen molar-refractivity contribution in [3.63, 3.8) is 0 Å². The van der Waals surface area contributed by atoms with Crippen molar-refractivity contribution >= 4 is 56.5 Å². The van der Waals surface area contributed by atoms with Gasteiger partial charge in [0.15, 0.2) is 5.78 Å². The smallest absolute Gasteiger partial charge is 0.185 e. The number of hydrogen-bond donors (Lipinski definition) is 0. The van der Waals surface area contributed by atoms with E-state index in [4.69, 9.17) is 34.8 Å². The number of carbonyl (C=O) groups is 1. The van der Waals surface area contributed by atoms with Crippen LogP contribution in [0, 0.1) is 11.3 Å². The van der Waals surface area contributed by atoms with Gasteiger partial charge in [-0.05, 0) is 51.8 Å². The van der Waals surface area contributed by atoms with Crippen molar-refractivity contribution in [2.75, 3.05) is 0 Å². The fourth-order valence-electron chi connectivity index (χ4n) is 1.82. The monoisotopic (exact) mass is 401 g/mol. The van der Waals surface area contributed by atoms with E-state index in [0.717, 1.165) is 0 Å². The average Bonchev–Trinajstić information content (AvgIpc) is 2.43. The van der Waals surface area contributed by atoms with Gasteiger partial charge in [0, 0.05) is 15.1 Å². The number of rotatable bonds is 3. The van der Waals surface area contributed by atoms with Crippen LogP contribution < -0.4 is 0 Å². The van der Waals surface area contributed by atoms with Crippen molar-refractivity contribution in [3.8, 4) is 6.07 Å². The number of nitrogens with zero attached hydrogens (tertiary/aromatic N) is 1. The SMILES string of the molecule is N#CC(C(=O)c1ccc(Cl)cc1Br)c1ccc(Cl)c(Cl)c1. The highest BCUT2D eigenvalue weighted by Crippen LogP contribution is 2.30. The lowest BCUT2D eigenvalue weighted by Crippen LogP contribution is -2.12. The molecule has 0 N–H and O–H groups in total. The Kier molecular flexibility index (Phi) is 5.29. The molecular formula is C15H7BrCl3NO. The van der Waals surface area contributed by atoms with Gasteiger partial charge in [0.25, 0.3) is 0 Å². The van der Waals surface area contributed by atoms with E-state index in [0.29, 0.717) is 30.7 Å². The van der Waals surface area contributed by atoms with Crippen molar-refractivity contribution < 1.29 is 4.79 Å². The minimum atomic E-state index is -0.961. The molecule has 0 saturated carbocycles. The molecule has 0 heterocycles. The standard InChI is InChI=1S/C15H7BrCl3NO/c16-12-6-9(17)2-3-10(12)15(21)11(7-20)8-1-4-13(18)14(19)5-8/h1-6,11H. The summed E-state index contributed by atoms with van der Waals surface area (Å²) >= 11 is 20.9. The molecule has 6 heteroatoms. The molecule has 21 heavy (non-hydrogen) atoms. The Balaban J connectivity index is 2.43. The lowest BCUT2D eigenvalue weighted by Gasteiger charge is -2.11. The molecular weight excluding hydrogens is 396 g/mol. The summed E-state index contributed by atoms with van der Waals surface area (Å²) in [6.45, 7) is 0. The summed E-state index contributed by atoms with van der Waals surface area (Å²) in [6.07, 6.45) is 0. The molecule has 0 bridgehead atoms. The van der Waals surface area contributed by atoms with E-state index < -0.39 is 5.92 Å². The highest BCUT2D eigenvalue weighted by Gasteiger charge is 2.24. The van der Waals surface area contributed by atoms with E-state index in [9.17, 15) is 10.1 Å². The summed E-state index contributed by atoms with van der Waals surface area (Å²) in [5.74, 6) is -1.29. The Bertz CT molecular complexity index is 755. The normalized spacial score (nSPS) is 11.8. The van der Waals surface area contributed by atoms with Crippen molar-refractivity contribution in [3.05, 3.63) is 67.1 Å². The minimum absolute atomic E-state index is 0.303. The lowest BCUT2D eigenvalue weighted by atomic mass is 9.92. The maximum absolute atomic E-state index is 12.5. The number of carbonyl (C=O) groups excluding carboxylic acids is 1. The van der Waals surface area contributed by atoms with Gasteiger partial charge in [0.2, 0.25) is 0 Å². The number of halogens is 4. The Morgan fingerprint density at radius 2 is 1.81 bits per heavy atom. The predicted octanol–water partition coefficient (Wildman–Crippen LogP) is 5.90. The fraction of sp³-hybridized carbons (Fsp3) is 0.0667. The quantitative estimate of drug-likeness (QED) is 0.599.